The van der Waals surface area contributed by atoms with Crippen molar-refractivity contribution < 1.29 is 0 Å². The normalized spacial score (nSPS) is 16.3. The molecule has 1 saturated heterocycles. The first-order valence-corrected chi connectivity index (χ1v) is 7.12. The minimum Gasteiger partial charge on any atom is -0.369 e. The number of imidazole rings is 1. The van der Waals surface area contributed by atoms with E-state index in [2.05, 4.69) is 45.0 Å². The van der Waals surface area contributed by atoms with Crippen LogP contribution in [0.5, 0.6) is 0 Å². The van der Waals surface area contributed by atoms with Gasteiger partial charge < -0.3 is 14.8 Å². The van der Waals surface area contributed by atoms with Gasteiger partial charge in [0.15, 0.2) is 0 Å². The lowest BCUT2D eigenvalue weighted by molar-refractivity contribution is 0.313. The van der Waals surface area contributed by atoms with E-state index in [0.29, 0.717) is 0 Å². The number of likely N-dealkylation sites (N-methyl/N-ethyl adjacent to an activating group) is 1. The van der Waals surface area contributed by atoms with Crippen molar-refractivity contribution in [1.29, 1.82) is 0 Å². The van der Waals surface area contributed by atoms with E-state index in [1.165, 1.54) is 5.69 Å². The number of benzene rings is 1. The molecule has 0 radical (unpaired) electrons. The molecule has 3 rings (SSSR count). The summed E-state index contributed by atoms with van der Waals surface area (Å²) >= 11 is 0. The predicted octanol–water partition coefficient (Wildman–Crippen LogP) is 2.65. The molecule has 1 aliphatic rings. The van der Waals surface area contributed by atoms with Crippen LogP contribution in [0.25, 0.3) is 11.0 Å². The molecule has 1 fully saturated rings. The number of rotatable bonds is 1. The van der Waals surface area contributed by atoms with Gasteiger partial charge in [0.25, 0.3) is 0 Å². The highest BCUT2D eigenvalue weighted by atomic mass is 15.2. The second kappa shape index (κ2) is 6.06. The molecule has 1 aromatic heterocycles. The summed E-state index contributed by atoms with van der Waals surface area (Å²) in [4.78, 5) is 12.5. The number of hydrogen-bond donors (Lipinski definition) is 1. The van der Waals surface area contributed by atoms with E-state index in [9.17, 15) is 0 Å². The summed E-state index contributed by atoms with van der Waals surface area (Å²) in [5.41, 5.74) is 3.49. The van der Waals surface area contributed by atoms with Crippen LogP contribution in [0.4, 0.5) is 5.69 Å². The highest BCUT2D eigenvalue weighted by molar-refractivity contribution is 5.79. The molecular weight excluding hydrogens is 236 g/mol. The van der Waals surface area contributed by atoms with Crippen molar-refractivity contribution in [2.75, 3.05) is 38.1 Å². The van der Waals surface area contributed by atoms with Gasteiger partial charge in [-0.25, -0.2) is 4.98 Å². The van der Waals surface area contributed by atoms with Crippen LogP contribution in [-0.2, 0) is 0 Å². The third kappa shape index (κ3) is 3.07. The molecule has 1 N–H and O–H groups in total. The SMILES string of the molecule is CC.Cc1nc2ccc(N3CCN(C)CC3)cc2[nH]1. The number of aromatic amines is 1. The number of H-pyrrole nitrogens is 1. The van der Waals surface area contributed by atoms with Gasteiger partial charge in [-0.15, -0.1) is 0 Å². The maximum absolute atomic E-state index is 4.43. The Kier molecular flexibility index (Phi) is 4.43. The van der Waals surface area contributed by atoms with E-state index >= 15 is 0 Å². The van der Waals surface area contributed by atoms with E-state index in [1.54, 1.807) is 0 Å². The van der Waals surface area contributed by atoms with Crippen molar-refractivity contribution in [1.82, 2.24) is 14.9 Å². The summed E-state index contributed by atoms with van der Waals surface area (Å²) in [6, 6.07) is 6.49. The first kappa shape index (κ1) is 13.9. The van der Waals surface area contributed by atoms with Gasteiger partial charge in [-0.1, -0.05) is 13.8 Å². The second-order valence-corrected chi connectivity index (χ2v) is 4.81. The van der Waals surface area contributed by atoms with Gasteiger partial charge in [0.05, 0.1) is 11.0 Å². The Morgan fingerprint density at radius 2 is 1.79 bits per heavy atom. The summed E-state index contributed by atoms with van der Waals surface area (Å²) in [7, 11) is 2.18. The fourth-order valence-electron chi connectivity index (χ4n) is 2.39. The molecule has 1 aliphatic heterocycles. The van der Waals surface area contributed by atoms with Gasteiger partial charge in [-0.2, -0.15) is 0 Å². The van der Waals surface area contributed by atoms with Crippen LogP contribution >= 0.6 is 0 Å². The van der Waals surface area contributed by atoms with E-state index in [0.717, 1.165) is 43.0 Å². The Morgan fingerprint density at radius 1 is 1.11 bits per heavy atom. The van der Waals surface area contributed by atoms with Crippen molar-refractivity contribution in [3.63, 3.8) is 0 Å². The molecule has 2 heterocycles. The zero-order valence-electron chi connectivity index (χ0n) is 12.4. The Bertz CT molecular complexity index is 524. The molecule has 0 atom stereocenters. The summed E-state index contributed by atoms with van der Waals surface area (Å²) in [6.45, 7) is 10.5. The Labute approximate surface area is 115 Å². The fourth-order valence-corrected chi connectivity index (χ4v) is 2.39. The second-order valence-electron chi connectivity index (χ2n) is 4.81. The smallest absolute Gasteiger partial charge is 0.104 e. The number of aromatic nitrogens is 2. The molecule has 104 valence electrons. The molecule has 4 heteroatoms. The Morgan fingerprint density at radius 3 is 2.47 bits per heavy atom. The summed E-state index contributed by atoms with van der Waals surface area (Å²) in [6.07, 6.45) is 0. The van der Waals surface area contributed by atoms with Crippen LogP contribution in [-0.4, -0.2) is 48.1 Å². The fraction of sp³-hybridized carbons (Fsp3) is 0.533. The minimum absolute atomic E-state index is 0.982. The minimum atomic E-state index is 0.982. The van der Waals surface area contributed by atoms with Crippen LogP contribution in [0.15, 0.2) is 18.2 Å². The van der Waals surface area contributed by atoms with Crippen LogP contribution in [0.3, 0.4) is 0 Å². The monoisotopic (exact) mass is 260 g/mol. The van der Waals surface area contributed by atoms with Crippen LogP contribution in [0, 0.1) is 6.92 Å². The number of fused-ring (bicyclic) bond motifs is 1. The van der Waals surface area contributed by atoms with E-state index in [1.807, 2.05) is 20.8 Å². The van der Waals surface area contributed by atoms with Crippen LogP contribution in [0.2, 0.25) is 0 Å². The first-order valence-electron chi connectivity index (χ1n) is 7.12. The van der Waals surface area contributed by atoms with Crippen molar-refractivity contribution in [2.24, 2.45) is 0 Å². The maximum atomic E-state index is 4.43. The van der Waals surface area contributed by atoms with Crippen LogP contribution < -0.4 is 4.90 Å². The van der Waals surface area contributed by atoms with Crippen molar-refractivity contribution in [3.05, 3.63) is 24.0 Å². The average Bonchev–Trinajstić information content (AvgIpc) is 2.81. The lowest BCUT2D eigenvalue weighted by Gasteiger charge is -2.34. The van der Waals surface area contributed by atoms with Gasteiger partial charge in [0, 0.05) is 31.9 Å². The van der Waals surface area contributed by atoms with E-state index in [-0.39, 0.29) is 0 Å². The van der Waals surface area contributed by atoms with E-state index < -0.39 is 0 Å². The van der Waals surface area contributed by atoms with Crippen molar-refractivity contribution in [2.45, 2.75) is 20.8 Å². The lowest BCUT2D eigenvalue weighted by Crippen LogP contribution is -2.44. The topological polar surface area (TPSA) is 35.2 Å². The molecular formula is C15H24N4. The summed E-state index contributed by atoms with van der Waals surface area (Å²) < 4.78 is 0. The Balaban J connectivity index is 0.000000637. The van der Waals surface area contributed by atoms with Crippen molar-refractivity contribution in [3.8, 4) is 0 Å². The highest BCUT2D eigenvalue weighted by Crippen LogP contribution is 2.21. The molecule has 0 spiro atoms. The van der Waals surface area contributed by atoms with Gasteiger partial charge in [0.1, 0.15) is 5.82 Å². The van der Waals surface area contributed by atoms with Crippen molar-refractivity contribution >= 4 is 16.7 Å². The molecule has 1 aromatic carbocycles. The molecule has 2 aromatic rings. The zero-order valence-corrected chi connectivity index (χ0v) is 12.4. The lowest BCUT2D eigenvalue weighted by atomic mass is 10.2. The number of aryl methyl sites for hydroxylation is 1. The summed E-state index contributed by atoms with van der Waals surface area (Å²) in [5.74, 6) is 0.982. The van der Waals surface area contributed by atoms with Gasteiger partial charge in [-0.3, -0.25) is 0 Å². The zero-order chi connectivity index (χ0) is 13.8. The van der Waals surface area contributed by atoms with Gasteiger partial charge in [-0.05, 0) is 32.2 Å². The summed E-state index contributed by atoms with van der Waals surface area (Å²) in [5, 5.41) is 0. The average molecular weight is 260 g/mol. The third-order valence-corrected chi connectivity index (χ3v) is 3.45. The molecule has 0 saturated carbocycles. The predicted molar refractivity (Wildman–Crippen MR) is 81.9 cm³/mol. The highest BCUT2D eigenvalue weighted by Gasteiger charge is 2.14. The molecule has 4 nitrogen and oxygen atoms in total. The maximum Gasteiger partial charge on any atom is 0.104 e. The molecule has 0 amide bonds. The number of piperazine rings is 1. The van der Waals surface area contributed by atoms with E-state index in [4.69, 9.17) is 0 Å². The van der Waals surface area contributed by atoms with Gasteiger partial charge >= 0.3 is 0 Å². The quantitative estimate of drug-likeness (QED) is 0.856. The molecule has 0 unspecified atom stereocenters. The number of hydrogen-bond acceptors (Lipinski definition) is 3. The molecule has 0 bridgehead atoms. The largest absolute Gasteiger partial charge is 0.369 e. The van der Waals surface area contributed by atoms with Gasteiger partial charge in [0.2, 0.25) is 0 Å². The number of nitrogens with zero attached hydrogens (tertiary/aromatic N) is 3. The number of nitrogens with one attached hydrogen (secondary N) is 1. The van der Waals surface area contributed by atoms with Crippen LogP contribution in [0.1, 0.15) is 19.7 Å². The molecule has 0 aliphatic carbocycles. The third-order valence-electron chi connectivity index (χ3n) is 3.45. The Hall–Kier alpha value is -1.55. The first-order chi connectivity index (χ1) is 9.22. The molecule has 19 heavy (non-hydrogen) atoms. The number of anilines is 1. The standard InChI is InChI=1S/C13H18N4.C2H6/c1-10-14-12-4-3-11(9-13(12)15-10)17-7-5-16(2)6-8-17;1-2/h3-4,9H,5-8H2,1-2H3,(H,14,15);1-2H3.